The molecule has 1 rings (SSSR count). The minimum atomic E-state index is -5.57. The highest BCUT2D eigenvalue weighted by molar-refractivity contribution is 7.93. The van der Waals surface area contributed by atoms with Crippen LogP contribution < -0.4 is 10.0 Å². The van der Waals surface area contributed by atoms with Crippen molar-refractivity contribution in [2.45, 2.75) is 19.4 Å². The molecule has 0 aliphatic rings. The molecule has 0 heterocycles. The van der Waals surface area contributed by atoms with Crippen molar-refractivity contribution in [1.82, 2.24) is 10.3 Å². The van der Waals surface area contributed by atoms with E-state index < -0.39 is 21.6 Å². The van der Waals surface area contributed by atoms with Crippen molar-refractivity contribution in [3.63, 3.8) is 0 Å². The van der Waals surface area contributed by atoms with Gasteiger partial charge >= 0.3 is 21.6 Å². The molecular weight excluding hydrogens is 349 g/mol. The van der Waals surface area contributed by atoms with Crippen LogP contribution in [0.4, 0.5) is 23.7 Å². The van der Waals surface area contributed by atoms with E-state index in [1.165, 1.54) is 43.9 Å². The van der Waals surface area contributed by atoms with Gasteiger partial charge in [-0.25, -0.2) is 9.80 Å². The average Bonchev–Trinajstić information content (AvgIpc) is 2.46. The molecule has 0 fully saturated rings. The van der Waals surface area contributed by atoms with Crippen molar-refractivity contribution < 1.29 is 26.4 Å². The third-order valence-corrected chi connectivity index (χ3v) is 4.02. The maximum Gasteiger partial charge on any atom is 0.516 e. The zero-order chi connectivity index (χ0) is 18.7. The minimum absolute atomic E-state index is 0.124. The molecule has 0 atom stereocenters. The molecule has 0 saturated carbocycles. The van der Waals surface area contributed by atoms with Gasteiger partial charge in [-0.2, -0.15) is 26.7 Å². The van der Waals surface area contributed by atoms with E-state index in [2.05, 4.69) is 10.4 Å². The molecule has 0 bridgehead atoms. The monoisotopic (exact) mass is 366 g/mol. The highest BCUT2D eigenvalue weighted by Crippen LogP contribution is 2.28. The Balaban J connectivity index is 3.32. The molecule has 1 aromatic carbocycles. The molecule has 0 radical (unpaired) electrons. The van der Waals surface area contributed by atoms with Crippen molar-refractivity contribution in [3.8, 4) is 0 Å². The summed E-state index contributed by atoms with van der Waals surface area (Å²) in [6.45, 7) is 3.13. The van der Waals surface area contributed by atoms with Gasteiger partial charge in [0.25, 0.3) is 0 Å². The largest absolute Gasteiger partial charge is 0.516 e. The molecule has 7 nitrogen and oxygen atoms in total. The Bertz CT molecular complexity index is 760. The van der Waals surface area contributed by atoms with Gasteiger partial charge in [0.2, 0.25) is 0 Å². The van der Waals surface area contributed by atoms with Gasteiger partial charge in [0, 0.05) is 19.7 Å². The van der Waals surface area contributed by atoms with E-state index in [1.54, 1.807) is 6.92 Å². The van der Waals surface area contributed by atoms with Crippen LogP contribution >= 0.6 is 0 Å². The minimum Gasteiger partial charge on any atom is -0.340 e. The first-order valence-electron chi connectivity index (χ1n) is 6.60. The highest BCUT2D eigenvalue weighted by atomic mass is 32.2. The molecule has 0 aliphatic heterocycles. The predicted molar refractivity (Wildman–Crippen MR) is 84.2 cm³/mol. The Hall–Kier alpha value is -2.30. The SMILES string of the molecule is CNC(=O)N(C)/N=C(\C)c1cc(C)ccc1NS(=O)(=O)C(F)(F)F. The van der Waals surface area contributed by atoms with Gasteiger partial charge in [0.15, 0.2) is 0 Å². The summed E-state index contributed by atoms with van der Waals surface area (Å²) in [6, 6.07) is 3.57. The number of carbonyl (C=O) groups excluding carboxylic acids is 1. The van der Waals surface area contributed by atoms with E-state index in [1.807, 2.05) is 0 Å². The fraction of sp³-hybridized carbons (Fsp3) is 0.385. The molecule has 0 unspecified atom stereocenters. The van der Waals surface area contributed by atoms with Gasteiger partial charge in [-0.3, -0.25) is 4.72 Å². The first kappa shape index (κ1) is 19.7. The summed E-state index contributed by atoms with van der Waals surface area (Å²) in [5.41, 5.74) is -4.77. The van der Waals surface area contributed by atoms with Crippen molar-refractivity contribution in [2.24, 2.45) is 5.10 Å². The maximum atomic E-state index is 12.6. The molecule has 2 amide bonds. The zero-order valence-electron chi connectivity index (χ0n) is 13.4. The molecule has 24 heavy (non-hydrogen) atoms. The van der Waals surface area contributed by atoms with Gasteiger partial charge in [0.1, 0.15) is 0 Å². The number of sulfonamides is 1. The Labute approximate surface area is 137 Å². The van der Waals surface area contributed by atoms with Crippen LogP contribution in [-0.4, -0.2) is 44.8 Å². The van der Waals surface area contributed by atoms with Gasteiger partial charge in [-0.1, -0.05) is 11.6 Å². The number of carbonyl (C=O) groups is 1. The second kappa shape index (κ2) is 7.07. The van der Waals surface area contributed by atoms with Crippen LogP contribution in [0, 0.1) is 6.92 Å². The Kier molecular flexibility index (Phi) is 5.82. The third kappa shape index (κ3) is 4.60. The number of rotatable bonds is 4. The summed E-state index contributed by atoms with van der Waals surface area (Å²) in [7, 11) is -2.83. The standard InChI is InChI=1S/C13H17F3N4O3S/c1-8-5-6-11(19-24(22,23)13(14,15)16)10(7-8)9(2)18-20(4)12(21)17-3/h5-7,19H,1-4H3,(H,17,21)/b18-9+. The molecule has 0 spiro atoms. The summed E-state index contributed by atoms with van der Waals surface area (Å²) in [4.78, 5) is 11.4. The van der Waals surface area contributed by atoms with E-state index >= 15 is 0 Å². The summed E-state index contributed by atoms with van der Waals surface area (Å²) in [5.74, 6) is 0. The van der Waals surface area contributed by atoms with Crippen molar-refractivity contribution in [3.05, 3.63) is 29.3 Å². The number of nitrogens with one attached hydrogen (secondary N) is 2. The number of aryl methyl sites for hydroxylation is 1. The smallest absolute Gasteiger partial charge is 0.340 e. The molecule has 0 aliphatic carbocycles. The maximum absolute atomic E-state index is 12.6. The van der Waals surface area contributed by atoms with E-state index in [0.717, 1.165) is 5.01 Å². The third-order valence-electron chi connectivity index (χ3n) is 2.92. The predicted octanol–water partition coefficient (Wildman–Crippen LogP) is 2.25. The number of anilines is 1. The molecule has 0 aromatic heterocycles. The normalized spacial score (nSPS) is 12.7. The van der Waals surface area contributed by atoms with Crippen LogP contribution in [0.25, 0.3) is 0 Å². The number of halogens is 3. The van der Waals surface area contributed by atoms with E-state index in [9.17, 15) is 26.4 Å². The van der Waals surface area contributed by atoms with E-state index in [0.29, 0.717) is 5.56 Å². The van der Waals surface area contributed by atoms with Crippen LogP contribution in [0.15, 0.2) is 23.3 Å². The van der Waals surface area contributed by atoms with Crippen molar-refractivity contribution in [2.75, 3.05) is 18.8 Å². The topological polar surface area (TPSA) is 90.9 Å². The summed E-state index contributed by atoms with van der Waals surface area (Å²) in [6.07, 6.45) is 0. The van der Waals surface area contributed by atoms with Gasteiger partial charge < -0.3 is 5.32 Å². The van der Waals surface area contributed by atoms with Gasteiger partial charge in [-0.05, 0) is 26.0 Å². The number of alkyl halides is 3. The van der Waals surface area contributed by atoms with Crippen LogP contribution in [0.5, 0.6) is 0 Å². The molecule has 11 heteroatoms. The summed E-state index contributed by atoms with van der Waals surface area (Å²) >= 11 is 0. The highest BCUT2D eigenvalue weighted by Gasteiger charge is 2.46. The number of hydrogen-bond acceptors (Lipinski definition) is 4. The Morgan fingerprint density at radius 1 is 1.29 bits per heavy atom. The number of benzene rings is 1. The number of urea groups is 1. The molecular formula is C13H17F3N4O3S. The lowest BCUT2D eigenvalue weighted by molar-refractivity contribution is -0.0429. The second-order valence-electron chi connectivity index (χ2n) is 4.86. The Morgan fingerprint density at radius 3 is 2.38 bits per heavy atom. The van der Waals surface area contributed by atoms with Crippen molar-refractivity contribution >= 4 is 27.5 Å². The van der Waals surface area contributed by atoms with Crippen LogP contribution in [0.1, 0.15) is 18.1 Å². The Morgan fingerprint density at radius 2 is 1.88 bits per heavy atom. The van der Waals surface area contributed by atoms with E-state index in [-0.39, 0.29) is 17.0 Å². The molecule has 2 N–H and O–H groups in total. The van der Waals surface area contributed by atoms with Crippen LogP contribution in [0.3, 0.4) is 0 Å². The van der Waals surface area contributed by atoms with Crippen LogP contribution in [-0.2, 0) is 10.0 Å². The van der Waals surface area contributed by atoms with Gasteiger partial charge in [-0.15, -0.1) is 0 Å². The summed E-state index contributed by atoms with van der Waals surface area (Å²) in [5, 5.41) is 7.20. The quantitative estimate of drug-likeness (QED) is 0.632. The van der Waals surface area contributed by atoms with Crippen LogP contribution in [0.2, 0.25) is 0 Å². The number of nitrogens with zero attached hydrogens (tertiary/aromatic N) is 2. The first-order valence-corrected chi connectivity index (χ1v) is 8.08. The number of hydrogen-bond donors (Lipinski definition) is 2. The zero-order valence-corrected chi connectivity index (χ0v) is 14.2. The van der Waals surface area contributed by atoms with E-state index in [4.69, 9.17) is 0 Å². The lowest BCUT2D eigenvalue weighted by Gasteiger charge is -2.16. The first-order chi connectivity index (χ1) is 10.9. The average molecular weight is 366 g/mol. The fourth-order valence-electron chi connectivity index (χ4n) is 1.74. The molecule has 134 valence electrons. The van der Waals surface area contributed by atoms with Crippen molar-refractivity contribution in [1.29, 1.82) is 0 Å². The lowest BCUT2D eigenvalue weighted by Crippen LogP contribution is -2.32. The molecule has 0 saturated heterocycles. The molecule has 1 aromatic rings. The second-order valence-corrected chi connectivity index (χ2v) is 6.54. The fourth-order valence-corrected chi connectivity index (χ4v) is 2.32. The van der Waals surface area contributed by atoms with Gasteiger partial charge in [0.05, 0.1) is 11.4 Å². The lowest BCUT2D eigenvalue weighted by atomic mass is 10.1. The summed E-state index contributed by atoms with van der Waals surface area (Å²) < 4.78 is 61.8. The number of hydrazone groups is 1. The number of amides is 2.